The van der Waals surface area contributed by atoms with Crippen LogP contribution in [0.4, 0.5) is 0 Å². The number of benzene rings is 1. The van der Waals surface area contributed by atoms with Crippen LogP contribution < -0.4 is 4.74 Å². The van der Waals surface area contributed by atoms with Crippen LogP contribution in [0.2, 0.25) is 0 Å². The number of halogens is 1. The summed E-state index contributed by atoms with van der Waals surface area (Å²) in [5.74, 6) is 1.13. The Balaban J connectivity index is 2.40. The molecule has 0 atom stereocenters. The van der Waals surface area contributed by atoms with Gasteiger partial charge in [-0.05, 0) is 25.1 Å². The molecule has 5 heteroatoms. The molecule has 4 nitrogen and oxygen atoms in total. The maximum absolute atomic E-state index is 9.05. The molecule has 1 heterocycles. The summed E-state index contributed by atoms with van der Waals surface area (Å²) < 4.78 is 8.17. The van der Waals surface area contributed by atoms with E-state index < -0.39 is 0 Å². The van der Waals surface area contributed by atoms with Crippen LogP contribution in [-0.4, -0.2) is 9.78 Å². The van der Waals surface area contributed by atoms with Gasteiger partial charge in [0.1, 0.15) is 17.4 Å². The minimum Gasteiger partial charge on any atom is -0.438 e. The lowest BCUT2D eigenvalue weighted by molar-refractivity contribution is 0.429. The van der Waals surface area contributed by atoms with Crippen molar-refractivity contribution < 1.29 is 4.74 Å². The van der Waals surface area contributed by atoms with Crippen molar-refractivity contribution in [2.45, 2.75) is 6.92 Å². The Hall–Kier alpha value is -1.80. The van der Waals surface area contributed by atoms with Crippen LogP contribution in [0, 0.1) is 18.3 Å². The van der Waals surface area contributed by atoms with Crippen LogP contribution in [0.5, 0.6) is 11.6 Å². The van der Waals surface area contributed by atoms with Crippen LogP contribution in [0.15, 0.2) is 28.7 Å². The second-order valence-electron chi connectivity index (χ2n) is 3.56. The molecule has 0 unspecified atom stereocenters. The fourth-order valence-corrected chi connectivity index (χ4v) is 1.90. The normalized spacial score (nSPS) is 10.0. The minimum atomic E-state index is 0.461. The summed E-state index contributed by atoms with van der Waals surface area (Å²) in [7, 11) is 1.75. The lowest BCUT2D eigenvalue weighted by Gasteiger charge is -2.06. The molecule has 0 N–H and O–H groups in total. The molecule has 0 bridgehead atoms. The highest BCUT2D eigenvalue weighted by molar-refractivity contribution is 9.10. The van der Waals surface area contributed by atoms with Gasteiger partial charge in [0.25, 0.3) is 0 Å². The number of aryl methyl sites for hydroxylation is 2. The van der Waals surface area contributed by atoms with Gasteiger partial charge in [0.2, 0.25) is 5.88 Å². The molecule has 0 amide bonds. The van der Waals surface area contributed by atoms with E-state index in [0.29, 0.717) is 22.9 Å². The summed E-state index contributed by atoms with van der Waals surface area (Å²) in [6.45, 7) is 1.78. The Morgan fingerprint density at radius 2 is 2.24 bits per heavy atom. The molecule has 2 aromatic rings. The maximum atomic E-state index is 9.05. The Kier molecular flexibility index (Phi) is 3.16. The molecule has 2 rings (SSSR count). The first-order valence-corrected chi connectivity index (χ1v) is 5.78. The second-order valence-corrected chi connectivity index (χ2v) is 4.48. The minimum absolute atomic E-state index is 0.461. The van der Waals surface area contributed by atoms with Crippen molar-refractivity contribution in [3.63, 3.8) is 0 Å². The van der Waals surface area contributed by atoms with Crippen molar-refractivity contribution in [3.8, 4) is 17.7 Å². The first kappa shape index (κ1) is 11.7. The first-order chi connectivity index (χ1) is 8.11. The number of nitrogens with zero attached hydrogens (tertiary/aromatic N) is 3. The largest absolute Gasteiger partial charge is 0.438 e. The Morgan fingerprint density at radius 1 is 1.47 bits per heavy atom. The highest BCUT2D eigenvalue weighted by atomic mass is 79.9. The van der Waals surface area contributed by atoms with Gasteiger partial charge in [0, 0.05) is 11.5 Å². The van der Waals surface area contributed by atoms with Gasteiger partial charge in [-0.25, -0.2) is 4.68 Å². The van der Waals surface area contributed by atoms with E-state index in [1.165, 1.54) is 0 Å². The fraction of sp³-hybridized carbons (Fsp3) is 0.167. The molecule has 0 fully saturated rings. The first-order valence-electron chi connectivity index (χ1n) is 4.99. The highest BCUT2D eigenvalue weighted by Gasteiger charge is 2.14. The zero-order valence-corrected chi connectivity index (χ0v) is 11.0. The third-order valence-electron chi connectivity index (χ3n) is 2.29. The molecule has 0 spiro atoms. The number of aromatic nitrogens is 2. The summed E-state index contributed by atoms with van der Waals surface area (Å²) in [4.78, 5) is 0. The number of rotatable bonds is 2. The van der Waals surface area contributed by atoms with Gasteiger partial charge in [-0.15, -0.1) is 0 Å². The van der Waals surface area contributed by atoms with E-state index in [9.17, 15) is 0 Å². The number of hydrogen-bond donors (Lipinski definition) is 0. The zero-order chi connectivity index (χ0) is 12.4. The average Bonchev–Trinajstić information content (AvgIpc) is 2.53. The van der Waals surface area contributed by atoms with Crippen molar-refractivity contribution in [1.82, 2.24) is 9.78 Å². The molecule has 0 aliphatic rings. The maximum Gasteiger partial charge on any atom is 0.235 e. The van der Waals surface area contributed by atoms with Crippen LogP contribution in [0.25, 0.3) is 0 Å². The molecule has 0 radical (unpaired) electrons. The van der Waals surface area contributed by atoms with Crippen LogP contribution >= 0.6 is 15.9 Å². The van der Waals surface area contributed by atoms with E-state index >= 15 is 0 Å². The van der Waals surface area contributed by atoms with Crippen molar-refractivity contribution in [2.75, 3.05) is 0 Å². The second kappa shape index (κ2) is 4.60. The molecule has 17 heavy (non-hydrogen) atoms. The van der Waals surface area contributed by atoms with Gasteiger partial charge in [0.15, 0.2) is 0 Å². The van der Waals surface area contributed by atoms with Gasteiger partial charge in [0.05, 0.1) is 5.69 Å². The lowest BCUT2D eigenvalue weighted by atomic mass is 10.3. The summed E-state index contributed by atoms with van der Waals surface area (Å²) in [5.41, 5.74) is 1.13. The lowest BCUT2D eigenvalue weighted by Crippen LogP contribution is -1.96. The highest BCUT2D eigenvalue weighted by Crippen LogP contribution is 2.27. The van der Waals surface area contributed by atoms with Gasteiger partial charge in [-0.3, -0.25) is 0 Å². The van der Waals surface area contributed by atoms with E-state index in [0.717, 1.165) is 4.47 Å². The Labute approximate surface area is 108 Å². The Morgan fingerprint density at radius 3 is 2.88 bits per heavy atom. The van der Waals surface area contributed by atoms with E-state index in [2.05, 4.69) is 27.1 Å². The number of hydrogen-bond acceptors (Lipinski definition) is 3. The summed E-state index contributed by atoms with van der Waals surface area (Å²) >= 11 is 3.37. The Bertz CT molecular complexity index is 598. The monoisotopic (exact) mass is 291 g/mol. The third-order valence-corrected chi connectivity index (χ3v) is 2.79. The standard InChI is InChI=1S/C12H10BrN3O/c1-8-11(7-14)12(16(2)15-8)17-10-5-3-4-9(13)6-10/h3-6H,1-2H3. The molecular formula is C12H10BrN3O. The van der Waals surface area contributed by atoms with Crippen LogP contribution in [0.3, 0.4) is 0 Å². The van der Waals surface area contributed by atoms with Crippen molar-refractivity contribution in [1.29, 1.82) is 5.26 Å². The molecule has 1 aromatic heterocycles. The molecule has 86 valence electrons. The predicted molar refractivity (Wildman–Crippen MR) is 66.9 cm³/mol. The number of ether oxygens (including phenoxy) is 1. The summed E-state index contributed by atoms with van der Waals surface area (Å²) in [6, 6.07) is 9.54. The van der Waals surface area contributed by atoms with Crippen molar-refractivity contribution in [3.05, 3.63) is 40.0 Å². The van der Waals surface area contributed by atoms with E-state index in [1.807, 2.05) is 24.3 Å². The zero-order valence-electron chi connectivity index (χ0n) is 9.44. The molecule has 1 aromatic carbocycles. The van der Waals surface area contributed by atoms with Crippen molar-refractivity contribution >= 4 is 15.9 Å². The average molecular weight is 292 g/mol. The molecule has 0 saturated carbocycles. The van der Waals surface area contributed by atoms with Crippen molar-refractivity contribution in [2.24, 2.45) is 7.05 Å². The van der Waals surface area contributed by atoms with Gasteiger partial charge in [-0.1, -0.05) is 22.0 Å². The fourth-order valence-electron chi connectivity index (χ4n) is 1.52. The summed E-state index contributed by atoms with van der Waals surface area (Å²) in [5, 5.41) is 13.2. The van der Waals surface area contributed by atoms with E-state index in [1.54, 1.807) is 18.7 Å². The van der Waals surface area contributed by atoms with E-state index in [4.69, 9.17) is 10.00 Å². The smallest absolute Gasteiger partial charge is 0.235 e. The molecule has 0 saturated heterocycles. The molecule has 0 aliphatic heterocycles. The molecular weight excluding hydrogens is 282 g/mol. The third kappa shape index (κ3) is 2.32. The predicted octanol–water partition coefficient (Wildman–Crippen LogP) is 3.16. The topological polar surface area (TPSA) is 50.8 Å². The SMILES string of the molecule is Cc1nn(C)c(Oc2cccc(Br)c2)c1C#N. The quantitative estimate of drug-likeness (QED) is 0.854. The van der Waals surface area contributed by atoms with Gasteiger partial charge >= 0.3 is 0 Å². The molecule has 0 aliphatic carbocycles. The van der Waals surface area contributed by atoms with Gasteiger partial charge in [-0.2, -0.15) is 10.4 Å². The van der Waals surface area contributed by atoms with Crippen LogP contribution in [-0.2, 0) is 7.05 Å². The van der Waals surface area contributed by atoms with Crippen LogP contribution in [0.1, 0.15) is 11.3 Å². The van der Waals surface area contributed by atoms with E-state index in [-0.39, 0.29) is 0 Å². The number of nitriles is 1. The van der Waals surface area contributed by atoms with Gasteiger partial charge < -0.3 is 4.74 Å². The summed E-state index contributed by atoms with van der Waals surface area (Å²) in [6.07, 6.45) is 0.